The predicted molar refractivity (Wildman–Crippen MR) is 136 cm³/mol. The Morgan fingerprint density at radius 1 is 0.938 bits per heavy atom. The first-order chi connectivity index (χ1) is 15.2. The molecule has 2 aromatic carbocycles. The zero-order chi connectivity index (χ0) is 23.0. The molecule has 32 heavy (non-hydrogen) atoms. The van der Waals surface area contributed by atoms with Gasteiger partial charge in [0.2, 0.25) is 0 Å². The van der Waals surface area contributed by atoms with E-state index in [-0.39, 0.29) is 5.41 Å². The van der Waals surface area contributed by atoms with Crippen LogP contribution in [0.25, 0.3) is 27.8 Å². The van der Waals surface area contributed by atoms with Crippen molar-refractivity contribution in [3.05, 3.63) is 68.2 Å². The van der Waals surface area contributed by atoms with Crippen LogP contribution in [0, 0.1) is 0 Å². The number of hydrogen-bond acceptors (Lipinski definition) is 4. The number of aromatic nitrogens is 4. The third-order valence-electron chi connectivity index (χ3n) is 4.99. The molecule has 0 saturated carbocycles. The summed E-state index contributed by atoms with van der Waals surface area (Å²) in [6.45, 7) is 8.55. The Kier molecular flexibility index (Phi) is 6.64. The molecule has 4 aromatic rings. The molecule has 0 spiro atoms. The van der Waals surface area contributed by atoms with Crippen molar-refractivity contribution in [1.29, 1.82) is 0 Å². The van der Waals surface area contributed by atoms with E-state index in [9.17, 15) is 0 Å². The summed E-state index contributed by atoms with van der Waals surface area (Å²) in [5.41, 5.74) is 3.57. The predicted octanol–water partition coefficient (Wildman–Crippen LogP) is 8.27. The van der Waals surface area contributed by atoms with Gasteiger partial charge in [0.15, 0.2) is 5.01 Å². The molecule has 4 rings (SSSR count). The van der Waals surface area contributed by atoms with Crippen LogP contribution in [0.1, 0.15) is 44.8 Å². The summed E-state index contributed by atoms with van der Waals surface area (Å²) in [6, 6.07) is 13.2. The zero-order valence-electron chi connectivity index (χ0n) is 18.3. The second-order valence-corrected chi connectivity index (χ2v) is 10.8. The van der Waals surface area contributed by atoms with Crippen LogP contribution in [0.4, 0.5) is 0 Å². The monoisotopic (exact) mass is 504 g/mol. The van der Waals surface area contributed by atoms with E-state index >= 15 is 0 Å². The van der Waals surface area contributed by atoms with Crippen molar-refractivity contribution in [3.8, 4) is 27.8 Å². The van der Waals surface area contributed by atoms with Crippen LogP contribution >= 0.6 is 46.1 Å². The topological polar surface area (TPSA) is 43.6 Å². The second kappa shape index (κ2) is 9.14. The summed E-state index contributed by atoms with van der Waals surface area (Å²) in [6.07, 6.45) is 1.77. The molecule has 0 bridgehead atoms. The lowest BCUT2D eigenvalue weighted by Gasteiger charge is -2.13. The second-order valence-electron chi connectivity index (χ2n) is 8.58. The SMILES string of the molecule is CCCc1c(-c2nnc(C(C)(C)C)s2)nc(-c2ccc(Cl)cc2Cl)n1-c1ccc(Cl)cc1. The van der Waals surface area contributed by atoms with Crippen molar-refractivity contribution in [2.24, 2.45) is 0 Å². The molecule has 0 atom stereocenters. The average molecular weight is 506 g/mol. The van der Waals surface area contributed by atoms with E-state index < -0.39 is 0 Å². The summed E-state index contributed by atoms with van der Waals surface area (Å²) >= 11 is 20.5. The highest BCUT2D eigenvalue weighted by atomic mass is 35.5. The zero-order valence-corrected chi connectivity index (χ0v) is 21.4. The Morgan fingerprint density at radius 3 is 2.22 bits per heavy atom. The van der Waals surface area contributed by atoms with Crippen molar-refractivity contribution in [2.75, 3.05) is 0 Å². The highest BCUT2D eigenvalue weighted by Crippen LogP contribution is 2.39. The maximum absolute atomic E-state index is 6.61. The van der Waals surface area contributed by atoms with E-state index in [0.29, 0.717) is 15.1 Å². The van der Waals surface area contributed by atoms with E-state index in [1.807, 2.05) is 36.4 Å². The highest BCUT2D eigenvalue weighted by molar-refractivity contribution is 7.14. The molecular formula is C24H23Cl3N4S. The van der Waals surface area contributed by atoms with Gasteiger partial charge in [0.05, 0.1) is 10.7 Å². The number of rotatable bonds is 5. The van der Waals surface area contributed by atoms with Crippen LogP contribution < -0.4 is 0 Å². The van der Waals surface area contributed by atoms with E-state index in [2.05, 4.69) is 42.5 Å². The Hall–Kier alpha value is -1.92. The number of benzene rings is 2. The van der Waals surface area contributed by atoms with Crippen LogP contribution in [0.15, 0.2) is 42.5 Å². The summed E-state index contributed by atoms with van der Waals surface area (Å²) in [7, 11) is 0. The van der Waals surface area contributed by atoms with Gasteiger partial charge in [-0.05, 0) is 48.9 Å². The molecule has 0 N–H and O–H groups in total. The van der Waals surface area contributed by atoms with Gasteiger partial charge in [-0.2, -0.15) is 0 Å². The minimum atomic E-state index is -0.0814. The highest BCUT2D eigenvalue weighted by Gasteiger charge is 2.26. The number of nitrogens with zero attached hydrogens (tertiary/aromatic N) is 4. The molecule has 0 unspecified atom stereocenters. The molecule has 2 aromatic heterocycles. The first kappa shape index (κ1) is 23.2. The molecule has 0 aliphatic heterocycles. The van der Waals surface area contributed by atoms with Crippen molar-refractivity contribution >= 4 is 46.1 Å². The Morgan fingerprint density at radius 2 is 1.62 bits per heavy atom. The fraction of sp³-hybridized carbons (Fsp3) is 0.292. The number of hydrogen-bond donors (Lipinski definition) is 0. The van der Waals surface area contributed by atoms with Crippen molar-refractivity contribution in [3.63, 3.8) is 0 Å². The largest absolute Gasteiger partial charge is 0.296 e. The van der Waals surface area contributed by atoms with Gasteiger partial charge in [0, 0.05) is 26.7 Å². The van der Waals surface area contributed by atoms with Crippen LogP contribution in [-0.4, -0.2) is 19.7 Å². The van der Waals surface area contributed by atoms with Crippen LogP contribution in [0.3, 0.4) is 0 Å². The lowest BCUT2D eigenvalue weighted by Crippen LogP contribution is -2.10. The number of halogens is 3. The van der Waals surface area contributed by atoms with Crippen LogP contribution in [0.5, 0.6) is 0 Å². The molecule has 4 nitrogen and oxygen atoms in total. The molecule has 0 amide bonds. The van der Waals surface area contributed by atoms with Gasteiger partial charge in [-0.25, -0.2) is 4.98 Å². The summed E-state index contributed by atoms with van der Waals surface area (Å²) in [5, 5.41) is 12.5. The fourth-order valence-electron chi connectivity index (χ4n) is 3.43. The first-order valence-corrected chi connectivity index (χ1v) is 12.3. The van der Waals surface area contributed by atoms with Crippen molar-refractivity contribution in [1.82, 2.24) is 19.7 Å². The average Bonchev–Trinajstić information content (AvgIpc) is 3.34. The third kappa shape index (κ3) is 4.58. The first-order valence-electron chi connectivity index (χ1n) is 10.4. The molecule has 0 aliphatic carbocycles. The molecule has 0 aliphatic rings. The van der Waals surface area contributed by atoms with E-state index in [4.69, 9.17) is 39.8 Å². The van der Waals surface area contributed by atoms with Crippen LogP contribution in [0.2, 0.25) is 15.1 Å². The number of imidazole rings is 1. The normalized spacial score (nSPS) is 11.8. The van der Waals surface area contributed by atoms with E-state index in [1.54, 1.807) is 17.4 Å². The molecule has 0 fully saturated rings. The molecular weight excluding hydrogens is 483 g/mol. The van der Waals surface area contributed by atoms with Gasteiger partial charge in [-0.3, -0.25) is 4.57 Å². The minimum Gasteiger partial charge on any atom is -0.296 e. The summed E-state index contributed by atoms with van der Waals surface area (Å²) in [5.74, 6) is 0.736. The smallest absolute Gasteiger partial charge is 0.168 e. The van der Waals surface area contributed by atoms with E-state index in [1.165, 1.54) is 0 Å². The Labute approximate surface area is 207 Å². The quantitative estimate of drug-likeness (QED) is 0.274. The Balaban J connectivity index is 2.01. The summed E-state index contributed by atoms with van der Waals surface area (Å²) < 4.78 is 2.14. The van der Waals surface area contributed by atoms with Crippen molar-refractivity contribution < 1.29 is 0 Å². The van der Waals surface area contributed by atoms with Gasteiger partial charge in [0.1, 0.15) is 16.5 Å². The lowest BCUT2D eigenvalue weighted by atomic mass is 9.98. The summed E-state index contributed by atoms with van der Waals surface area (Å²) in [4.78, 5) is 5.06. The third-order valence-corrected chi connectivity index (χ3v) is 7.14. The maximum Gasteiger partial charge on any atom is 0.168 e. The molecule has 0 saturated heterocycles. The van der Waals surface area contributed by atoms with E-state index in [0.717, 1.165) is 51.3 Å². The van der Waals surface area contributed by atoms with Gasteiger partial charge in [-0.1, -0.05) is 80.3 Å². The maximum atomic E-state index is 6.61. The van der Waals surface area contributed by atoms with Gasteiger partial charge in [-0.15, -0.1) is 10.2 Å². The van der Waals surface area contributed by atoms with Crippen molar-refractivity contribution in [2.45, 2.75) is 46.0 Å². The van der Waals surface area contributed by atoms with Crippen LogP contribution in [-0.2, 0) is 11.8 Å². The lowest BCUT2D eigenvalue weighted by molar-refractivity contribution is 0.578. The molecule has 0 radical (unpaired) electrons. The molecule has 2 heterocycles. The Bertz CT molecular complexity index is 1250. The molecule has 166 valence electrons. The van der Waals surface area contributed by atoms with Gasteiger partial charge in [0.25, 0.3) is 0 Å². The molecule has 8 heteroatoms. The standard InChI is InChI=1S/C24H23Cl3N4S/c1-5-6-19-20(22-29-30-23(32-22)24(2,3)4)28-21(17-12-9-15(26)13-18(17)27)31(19)16-10-7-14(25)8-11-16/h7-13H,5-6H2,1-4H3. The minimum absolute atomic E-state index is 0.0814. The van der Waals surface area contributed by atoms with Gasteiger partial charge >= 0.3 is 0 Å². The fourth-order valence-corrected chi connectivity index (χ4v) is 4.97. The van der Waals surface area contributed by atoms with Gasteiger partial charge < -0.3 is 0 Å².